The van der Waals surface area contributed by atoms with Gasteiger partial charge >= 0.3 is 0 Å². The van der Waals surface area contributed by atoms with E-state index in [9.17, 15) is 10.1 Å². The molecule has 0 saturated heterocycles. The summed E-state index contributed by atoms with van der Waals surface area (Å²) in [4.78, 5) is 13.0. The highest BCUT2D eigenvalue weighted by Crippen LogP contribution is 2.33. The molecule has 0 fully saturated rings. The minimum absolute atomic E-state index is 0.0104. The number of rotatable bonds is 9. The molecule has 1 aromatic heterocycles. The highest BCUT2D eigenvalue weighted by molar-refractivity contribution is 6.02. The molecule has 0 aliphatic heterocycles. The summed E-state index contributed by atoms with van der Waals surface area (Å²) < 4.78 is 12.6. The lowest BCUT2D eigenvalue weighted by Gasteiger charge is -2.13. The third kappa shape index (κ3) is 6.06. The van der Waals surface area contributed by atoms with Gasteiger partial charge in [0.05, 0.1) is 32.5 Å². The van der Waals surface area contributed by atoms with Crippen LogP contribution in [0.4, 0.5) is 0 Å². The number of hydrogen-bond donors (Lipinski definition) is 1. The molecule has 0 saturated carbocycles. The standard InChI is InChI=1S/C30H28N4O3/c1-21(23-12-8-5-9-13-23)32-30(35)25(18-31)16-26-20-34(19-22-10-6-4-7-11-22)33-29(26)24-14-15-27(36-2)28(17-24)37-3/h4-17,20-21H,19H2,1-3H3,(H,32,35)/b25-16+. The first-order valence-electron chi connectivity index (χ1n) is 11.8. The number of methoxy groups -OCH3 is 2. The van der Waals surface area contributed by atoms with Gasteiger partial charge in [0.1, 0.15) is 11.6 Å². The summed E-state index contributed by atoms with van der Waals surface area (Å²) in [5.74, 6) is 0.703. The summed E-state index contributed by atoms with van der Waals surface area (Å²) >= 11 is 0. The van der Waals surface area contributed by atoms with Crippen LogP contribution in [-0.4, -0.2) is 29.9 Å². The maximum Gasteiger partial charge on any atom is 0.262 e. The molecule has 37 heavy (non-hydrogen) atoms. The average Bonchev–Trinajstić information content (AvgIpc) is 3.34. The largest absolute Gasteiger partial charge is 0.493 e. The van der Waals surface area contributed by atoms with Crippen molar-refractivity contribution in [1.82, 2.24) is 15.1 Å². The summed E-state index contributed by atoms with van der Waals surface area (Å²) in [7, 11) is 3.15. The number of ether oxygens (including phenoxy) is 2. The Kier molecular flexibility index (Phi) is 8.01. The normalized spacial score (nSPS) is 11.9. The maximum absolute atomic E-state index is 13.0. The maximum atomic E-state index is 13.0. The van der Waals surface area contributed by atoms with E-state index in [1.807, 2.05) is 85.9 Å². The van der Waals surface area contributed by atoms with Crippen LogP contribution in [0.25, 0.3) is 17.3 Å². The first kappa shape index (κ1) is 25.3. The highest BCUT2D eigenvalue weighted by atomic mass is 16.5. The molecular weight excluding hydrogens is 464 g/mol. The average molecular weight is 493 g/mol. The molecule has 1 N–H and O–H groups in total. The molecule has 0 spiro atoms. The molecule has 0 aliphatic rings. The van der Waals surface area contributed by atoms with E-state index in [1.54, 1.807) is 31.0 Å². The Balaban J connectivity index is 1.71. The molecule has 4 aromatic rings. The van der Waals surface area contributed by atoms with Crippen molar-refractivity contribution in [3.63, 3.8) is 0 Å². The van der Waals surface area contributed by atoms with Crippen LogP contribution in [0.3, 0.4) is 0 Å². The van der Waals surface area contributed by atoms with Crippen molar-refractivity contribution in [2.45, 2.75) is 19.5 Å². The number of nitrogens with zero attached hydrogens (tertiary/aromatic N) is 3. The van der Waals surface area contributed by atoms with Crippen LogP contribution in [0.2, 0.25) is 0 Å². The van der Waals surface area contributed by atoms with Crippen molar-refractivity contribution >= 4 is 12.0 Å². The van der Waals surface area contributed by atoms with Gasteiger partial charge in [-0.1, -0.05) is 60.7 Å². The predicted molar refractivity (Wildman–Crippen MR) is 143 cm³/mol. The third-order valence-electron chi connectivity index (χ3n) is 5.95. The van der Waals surface area contributed by atoms with Crippen LogP contribution in [0, 0.1) is 11.3 Å². The summed E-state index contributed by atoms with van der Waals surface area (Å²) in [6.07, 6.45) is 3.41. The van der Waals surface area contributed by atoms with Crippen molar-refractivity contribution in [2.24, 2.45) is 0 Å². The number of aromatic nitrogens is 2. The smallest absolute Gasteiger partial charge is 0.262 e. The number of benzene rings is 3. The monoisotopic (exact) mass is 492 g/mol. The SMILES string of the molecule is COc1ccc(-c2nn(Cc3ccccc3)cc2/C=C(\C#N)C(=O)NC(C)c2ccccc2)cc1OC. The van der Waals surface area contributed by atoms with E-state index in [0.717, 1.165) is 16.7 Å². The van der Waals surface area contributed by atoms with Gasteiger partial charge in [0, 0.05) is 17.3 Å². The van der Waals surface area contributed by atoms with Gasteiger partial charge in [-0.2, -0.15) is 10.4 Å². The van der Waals surface area contributed by atoms with Crippen molar-refractivity contribution in [3.8, 4) is 28.8 Å². The molecule has 7 heteroatoms. The van der Waals surface area contributed by atoms with E-state index >= 15 is 0 Å². The second kappa shape index (κ2) is 11.7. The van der Waals surface area contributed by atoms with Gasteiger partial charge in [-0.15, -0.1) is 0 Å². The van der Waals surface area contributed by atoms with Crippen molar-refractivity contribution < 1.29 is 14.3 Å². The molecule has 1 atom stereocenters. The predicted octanol–water partition coefficient (Wildman–Crippen LogP) is 5.40. The molecule has 1 heterocycles. The molecule has 1 amide bonds. The summed E-state index contributed by atoms with van der Waals surface area (Å²) in [5, 5.41) is 17.6. The van der Waals surface area contributed by atoms with E-state index in [2.05, 4.69) is 11.4 Å². The third-order valence-corrected chi connectivity index (χ3v) is 5.95. The molecule has 7 nitrogen and oxygen atoms in total. The summed E-state index contributed by atoms with van der Waals surface area (Å²) in [6, 6.07) is 26.9. The van der Waals surface area contributed by atoms with Crippen LogP contribution in [0.5, 0.6) is 11.5 Å². The highest BCUT2D eigenvalue weighted by Gasteiger charge is 2.18. The molecule has 1 unspecified atom stereocenters. The zero-order valence-electron chi connectivity index (χ0n) is 21.0. The van der Waals surface area contributed by atoms with Gasteiger partial charge in [0.25, 0.3) is 5.91 Å². The van der Waals surface area contributed by atoms with Crippen LogP contribution in [0.15, 0.2) is 90.6 Å². The molecule has 186 valence electrons. The number of amides is 1. The lowest BCUT2D eigenvalue weighted by molar-refractivity contribution is -0.117. The summed E-state index contributed by atoms with van der Waals surface area (Å²) in [5.41, 5.74) is 4.05. The zero-order valence-corrected chi connectivity index (χ0v) is 21.0. The van der Waals surface area contributed by atoms with Gasteiger partial charge in [-0.3, -0.25) is 9.48 Å². The summed E-state index contributed by atoms with van der Waals surface area (Å²) in [6.45, 7) is 2.42. The Morgan fingerprint density at radius 1 is 1.03 bits per heavy atom. The quantitative estimate of drug-likeness (QED) is 0.250. The Bertz CT molecular complexity index is 1440. The Hall–Kier alpha value is -4.83. The van der Waals surface area contributed by atoms with E-state index in [0.29, 0.717) is 29.3 Å². The molecule has 0 aliphatic carbocycles. The van der Waals surface area contributed by atoms with Gasteiger partial charge in [-0.05, 0) is 42.3 Å². The van der Waals surface area contributed by atoms with Gasteiger partial charge in [-0.25, -0.2) is 0 Å². The molecule has 4 rings (SSSR count). The molecule has 0 radical (unpaired) electrons. The molecule has 3 aromatic carbocycles. The van der Waals surface area contributed by atoms with Gasteiger partial charge < -0.3 is 14.8 Å². The first-order chi connectivity index (χ1) is 18.0. The zero-order chi connectivity index (χ0) is 26.2. The van der Waals surface area contributed by atoms with Crippen molar-refractivity contribution in [2.75, 3.05) is 14.2 Å². The first-order valence-corrected chi connectivity index (χ1v) is 11.8. The van der Waals surface area contributed by atoms with E-state index in [1.165, 1.54) is 0 Å². The minimum Gasteiger partial charge on any atom is -0.493 e. The number of carbonyl (C=O) groups is 1. The Morgan fingerprint density at radius 2 is 1.70 bits per heavy atom. The molecular formula is C30H28N4O3. The fraction of sp³-hybridized carbons (Fsp3) is 0.167. The number of nitrogens with one attached hydrogen (secondary N) is 1. The molecule has 0 bridgehead atoms. The second-order valence-electron chi connectivity index (χ2n) is 8.46. The Morgan fingerprint density at radius 3 is 2.35 bits per heavy atom. The van der Waals surface area contributed by atoms with Gasteiger partial charge in [0.15, 0.2) is 11.5 Å². The van der Waals surface area contributed by atoms with Crippen LogP contribution in [0.1, 0.15) is 29.7 Å². The topological polar surface area (TPSA) is 89.2 Å². The second-order valence-corrected chi connectivity index (χ2v) is 8.46. The Labute approximate surface area is 216 Å². The van der Waals surface area contributed by atoms with E-state index in [4.69, 9.17) is 14.6 Å². The number of hydrogen-bond acceptors (Lipinski definition) is 5. The van der Waals surface area contributed by atoms with E-state index < -0.39 is 5.91 Å². The van der Waals surface area contributed by atoms with Gasteiger partial charge in [0.2, 0.25) is 0 Å². The van der Waals surface area contributed by atoms with Crippen LogP contribution < -0.4 is 14.8 Å². The lowest BCUT2D eigenvalue weighted by atomic mass is 10.0. The number of carbonyl (C=O) groups excluding carboxylic acids is 1. The fourth-order valence-electron chi connectivity index (χ4n) is 4.01. The van der Waals surface area contributed by atoms with Crippen LogP contribution in [-0.2, 0) is 11.3 Å². The minimum atomic E-state index is -0.451. The van der Waals surface area contributed by atoms with Crippen molar-refractivity contribution in [1.29, 1.82) is 5.26 Å². The number of nitriles is 1. The van der Waals surface area contributed by atoms with E-state index in [-0.39, 0.29) is 11.6 Å². The lowest BCUT2D eigenvalue weighted by Crippen LogP contribution is -2.27. The fourth-order valence-corrected chi connectivity index (χ4v) is 4.01. The van der Waals surface area contributed by atoms with Crippen molar-refractivity contribution in [3.05, 3.63) is 107 Å². The van der Waals surface area contributed by atoms with Crippen LogP contribution >= 0.6 is 0 Å².